The number of nitrogens with one attached hydrogen (secondary N) is 2. The van der Waals surface area contributed by atoms with Crippen LogP contribution in [0.5, 0.6) is 0 Å². The van der Waals surface area contributed by atoms with E-state index in [0.29, 0.717) is 36.5 Å². The molecule has 2 heterocycles. The molecule has 9 nitrogen and oxygen atoms in total. The summed E-state index contributed by atoms with van der Waals surface area (Å²) in [5.41, 5.74) is 1.43. The van der Waals surface area contributed by atoms with E-state index in [2.05, 4.69) is 10.0 Å². The van der Waals surface area contributed by atoms with Crippen molar-refractivity contribution in [1.82, 2.24) is 14.3 Å². The molecule has 176 valence electrons. The fourth-order valence-electron chi connectivity index (χ4n) is 3.50. The summed E-state index contributed by atoms with van der Waals surface area (Å²) in [6.07, 6.45) is 0.521. The number of sulfonamides is 2. The van der Waals surface area contributed by atoms with Crippen molar-refractivity contribution in [2.45, 2.75) is 34.7 Å². The molecule has 12 heteroatoms. The molecule has 0 fully saturated rings. The first kappa shape index (κ1) is 24.8. The summed E-state index contributed by atoms with van der Waals surface area (Å²) in [5.74, 6) is -0.771. The van der Waals surface area contributed by atoms with Gasteiger partial charge >= 0.3 is 0 Å². The summed E-state index contributed by atoms with van der Waals surface area (Å²) in [4.78, 5) is 12.5. The van der Waals surface area contributed by atoms with E-state index in [1.165, 1.54) is 16.4 Å². The van der Waals surface area contributed by atoms with E-state index in [0.717, 1.165) is 5.56 Å². The molecule has 32 heavy (non-hydrogen) atoms. The van der Waals surface area contributed by atoms with Crippen molar-refractivity contribution in [2.75, 3.05) is 33.4 Å². The molecule has 1 amide bonds. The molecule has 3 rings (SSSR count). The van der Waals surface area contributed by atoms with Crippen molar-refractivity contribution in [3.63, 3.8) is 0 Å². The first-order valence-electron chi connectivity index (χ1n) is 10.1. The molecule has 0 saturated carbocycles. The van der Waals surface area contributed by atoms with Gasteiger partial charge in [0.15, 0.2) is 0 Å². The van der Waals surface area contributed by atoms with Gasteiger partial charge in [0.2, 0.25) is 0 Å². The molecule has 0 radical (unpaired) electrons. The van der Waals surface area contributed by atoms with Gasteiger partial charge in [-0.25, -0.2) is 21.6 Å². The lowest BCUT2D eigenvalue weighted by atomic mass is 10.1. The molecular weight excluding hydrogens is 474 g/mol. The van der Waals surface area contributed by atoms with Crippen molar-refractivity contribution >= 4 is 37.3 Å². The number of fused-ring (bicyclic) bond motifs is 1. The number of aryl methyl sites for hydroxylation is 1. The van der Waals surface area contributed by atoms with E-state index in [4.69, 9.17) is 4.74 Å². The van der Waals surface area contributed by atoms with Crippen LogP contribution in [0.2, 0.25) is 0 Å². The Kier molecular flexibility index (Phi) is 7.73. The predicted molar refractivity (Wildman–Crippen MR) is 122 cm³/mol. The Morgan fingerprint density at radius 1 is 1.31 bits per heavy atom. The van der Waals surface area contributed by atoms with E-state index in [9.17, 15) is 21.6 Å². The molecule has 0 spiro atoms. The van der Waals surface area contributed by atoms with Crippen LogP contribution >= 0.6 is 11.3 Å². The number of benzene rings is 1. The number of thiophene rings is 1. The SMILES string of the molecule is CCN[C@H]1CN(CCCOC)S(=O)(=O)c2sc(S(=O)(=O)NC(=O)c3cccc(C)c3)cc21. The molecular formula is C20H27N3O6S3. The number of nitrogens with zero attached hydrogens (tertiary/aromatic N) is 1. The van der Waals surface area contributed by atoms with Gasteiger partial charge in [-0.2, -0.15) is 4.31 Å². The van der Waals surface area contributed by atoms with Gasteiger partial charge in [0.25, 0.3) is 26.0 Å². The van der Waals surface area contributed by atoms with Gasteiger partial charge in [-0.15, -0.1) is 11.3 Å². The Hall–Kier alpha value is -1.83. The monoisotopic (exact) mass is 501 g/mol. The summed E-state index contributed by atoms with van der Waals surface area (Å²) in [6.45, 7) is 5.14. The molecule has 1 aliphatic heterocycles. The summed E-state index contributed by atoms with van der Waals surface area (Å²) >= 11 is 0.659. The zero-order chi connectivity index (χ0) is 23.5. The lowest BCUT2D eigenvalue weighted by molar-refractivity contribution is 0.0981. The van der Waals surface area contributed by atoms with Crippen LogP contribution in [0.25, 0.3) is 0 Å². The van der Waals surface area contributed by atoms with Gasteiger partial charge in [0, 0.05) is 44.0 Å². The van der Waals surface area contributed by atoms with Gasteiger partial charge in [0.1, 0.15) is 8.42 Å². The van der Waals surface area contributed by atoms with E-state index in [1.807, 2.05) is 6.92 Å². The standard InChI is InChI=1S/C20H27N3O6S3/c1-4-21-17-13-23(9-6-10-29-3)32(27,28)20-16(17)12-18(30-20)31(25,26)22-19(24)15-8-5-7-14(2)11-15/h5,7-8,11-12,17,21H,4,6,9-10,13H2,1-3H3,(H,22,24)/t17-/m0/s1. The molecule has 1 atom stereocenters. The van der Waals surface area contributed by atoms with Crippen LogP contribution in [0, 0.1) is 6.92 Å². The Labute approximate surface area is 192 Å². The number of carbonyl (C=O) groups excluding carboxylic acids is 1. The number of methoxy groups -OCH3 is 1. The van der Waals surface area contributed by atoms with Crippen molar-refractivity contribution in [3.05, 3.63) is 47.0 Å². The number of rotatable bonds is 9. The summed E-state index contributed by atoms with van der Waals surface area (Å²) in [6, 6.07) is 7.54. The maximum Gasteiger partial charge on any atom is 0.273 e. The minimum atomic E-state index is -4.25. The van der Waals surface area contributed by atoms with E-state index in [1.54, 1.807) is 32.2 Å². The van der Waals surface area contributed by atoms with Gasteiger partial charge in [0.05, 0.1) is 0 Å². The predicted octanol–water partition coefficient (Wildman–Crippen LogP) is 1.87. The molecule has 2 N–H and O–H groups in total. The van der Waals surface area contributed by atoms with Crippen LogP contribution in [-0.4, -0.2) is 60.4 Å². The molecule has 1 aromatic carbocycles. The van der Waals surface area contributed by atoms with Crippen LogP contribution in [0.1, 0.15) is 40.9 Å². The van der Waals surface area contributed by atoms with Gasteiger partial charge in [-0.3, -0.25) is 4.79 Å². The second-order valence-corrected chi connectivity index (χ2v) is 12.5. The van der Waals surface area contributed by atoms with Gasteiger partial charge in [-0.1, -0.05) is 24.6 Å². The number of hydrogen-bond donors (Lipinski definition) is 2. The van der Waals surface area contributed by atoms with Crippen molar-refractivity contribution in [3.8, 4) is 0 Å². The Bertz CT molecular complexity index is 1190. The number of likely N-dealkylation sites (N-methyl/N-ethyl adjacent to an activating group) is 1. The maximum atomic E-state index is 13.2. The van der Waals surface area contributed by atoms with Crippen molar-refractivity contribution in [1.29, 1.82) is 0 Å². The molecule has 2 aromatic rings. The summed E-state index contributed by atoms with van der Waals surface area (Å²) < 4.78 is 60.3. The number of carbonyl (C=O) groups is 1. The zero-order valence-corrected chi connectivity index (χ0v) is 20.6. The highest BCUT2D eigenvalue weighted by Crippen LogP contribution is 2.40. The number of ether oxygens (including phenoxy) is 1. The summed E-state index contributed by atoms with van der Waals surface area (Å²) in [5, 5.41) is 3.22. The molecule has 0 unspecified atom stereocenters. The highest BCUT2D eigenvalue weighted by Gasteiger charge is 2.40. The third kappa shape index (κ3) is 5.21. The van der Waals surface area contributed by atoms with Crippen LogP contribution in [-0.2, 0) is 24.8 Å². The van der Waals surface area contributed by atoms with E-state index in [-0.39, 0.29) is 33.1 Å². The van der Waals surface area contributed by atoms with Gasteiger partial charge in [-0.05, 0) is 38.1 Å². The quantitative estimate of drug-likeness (QED) is 0.503. The molecule has 0 aliphatic carbocycles. The van der Waals surface area contributed by atoms with Crippen LogP contribution < -0.4 is 10.0 Å². The molecule has 0 bridgehead atoms. The molecule has 1 aliphatic rings. The van der Waals surface area contributed by atoms with E-state index < -0.39 is 26.0 Å². The fraction of sp³-hybridized carbons (Fsp3) is 0.450. The number of hydrogen-bond acceptors (Lipinski definition) is 8. The first-order valence-corrected chi connectivity index (χ1v) is 13.8. The van der Waals surface area contributed by atoms with Crippen molar-refractivity contribution < 1.29 is 26.4 Å². The summed E-state index contributed by atoms with van der Waals surface area (Å²) in [7, 11) is -6.57. The zero-order valence-electron chi connectivity index (χ0n) is 18.1. The molecule has 0 saturated heterocycles. The first-order chi connectivity index (χ1) is 15.1. The normalized spacial score (nSPS) is 18.3. The Morgan fingerprint density at radius 3 is 2.72 bits per heavy atom. The highest BCUT2D eigenvalue weighted by molar-refractivity contribution is 7.94. The second kappa shape index (κ2) is 9.98. The highest BCUT2D eigenvalue weighted by atomic mass is 32.3. The topological polar surface area (TPSA) is 122 Å². The van der Waals surface area contributed by atoms with Crippen LogP contribution in [0.3, 0.4) is 0 Å². The third-order valence-corrected chi connectivity index (χ3v) is 10.4. The lowest BCUT2D eigenvalue weighted by Crippen LogP contribution is -2.43. The van der Waals surface area contributed by atoms with Crippen molar-refractivity contribution in [2.24, 2.45) is 0 Å². The smallest absolute Gasteiger partial charge is 0.273 e. The van der Waals surface area contributed by atoms with E-state index >= 15 is 0 Å². The average Bonchev–Trinajstić information content (AvgIpc) is 3.19. The average molecular weight is 502 g/mol. The van der Waals surface area contributed by atoms with Crippen LogP contribution in [0.4, 0.5) is 0 Å². The Morgan fingerprint density at radius 2 is 2.06 bits per heavy atom. The minimum absolute atomic E-state index is 0.0181. The lowest BCUT2D eigenvalue weighted by Gasteiger charge is -2.32. The van der Waals surface area contributed by atoms with Gasteiger partial charge < -0.3 is 10.1 Å². The fourth-order valence-corrected chi connectivity index (χ4v) is 8.35. The minimum Gasteiger partial charge on any atom is -0.385 e. The second-order valence-electron chi connectivity index (χ2n) is 7.43. The van der Waals surface area contributed by atoms with Crippen LogP contribution in [0.15, 0.2) is 38.8 Å². The largest absolute Gasteiger partial charge is 0.385 e. The molecule has 1 aromatic heterocycles. The Balaban J connectivity index is 1.93. The maximum absolute atomic E-state index is 13.2. The third-order valence-electron chi connectivity index (χ3n) is 5.02. The number of amides is 1.